The number of hydrogen-bond donors (Lipinski definition) is 0. The summed E-state index contributed by atoms with van der Waals surface area (Å²) in [6.07, 6.45) is 0.641. The molecule has 0 N–H and O–H groups in total. The largest absolute Gasteiger partial charge is 0.497 e. The zero-order chi connectivity index (χ0) is 17.4. The van der Waals surface area contributed by atoms with Gasteiger partial charge in [0.1, 0.15) is 5.75 Å². The molecule has 0 radical (unpaired) electrons. The fourth-order valence-corrected chi connectivity index (χ4v) is 3.78. The predicted octanol–water partition coefficient (Wildman–Crippen LogP) is 3.93. The van der Waals surface area contributed by atoms with Gasteiger partial charge in [0.25, 0.3) is 0 Å². The quantitative estimate of drug-likeness (QED) is 0.783. The molecule has 5 heteroatoms. The van der Waals surface area contributed by atoms with Gasteiger partial charge in [-0.05, 0) is 37.0 Å². The highest BCUT2D eigenvalue weighted by Crippen LogP contribution is 2.47. The van der Waals surface area contributed by atoms with Crippen molar-refractivity contribution in [2.75, 3.05) is 20.2 Å². The number of alkyl halides is 2. The van der Waals surface area contributed by atoms with Crippen molar-refractivity contribution < 1.29 is 18.3 Å². The van der Waals surface area contributed by atoms with Crippen LogP contribution in [0.15, 0.2) is 36.4 Å². The molecule has 0 aromatic heterocycles. The molecule has 1 amide bonds. The number of hydrogen-bond acceptors (Lipinski definition) is 2. The summed E-state index contributed by atoms with van der Waals surface area (Å²) < 4.78 is 32.6. The summed E-state index contributed by atoms with van der Waals surface area (Å²) in [6.45, 7) is 5.11. The van der Waals surface area contributed by atoms with E-state index in [9.17, 15) is 13.6 Å². The van der Waals surface area contributed by atoms with Crippen molar-refractivity contribution in [3.63, 3.8) is 0 Å². The first-order valence-electron chi connectivity index (χ1n) is 8.35. The molecule has 0 bridgehead atoms. The number of methoxy groups -OCH3 is 1. The summed E-state index contributed by atoms with van der Waals surface area (Å²) in [5.74, 6) is -2.02. The van der Waals surface area contributed by atoms with Crippen LogP contribution in [0.2, 0.25) is 0 Å². The highest BCUT2D eigenvalue weighted by Gasteiger charge is 2.50. The van der Waals surface area contributed by atoms with E-state index in [2.05, 4.69) is 6.58 Å². The van der Waals surface area contributed by atoms with Crippen molar-refractivity contribution in [3.8, 4) is 5.75 Å². The Balaban J connectivity index is 1.94. The Labute approximate surface area is 141 Å². The molecule has 1 saturated carbocycles. The van der Waals surface area contributed by atoms with E-state index in [1.165, 1.54) is 0 Å². The summed E-state index contributed by atoms with van der Waals surface area (Å²) >= 11 is 0. The lowest BCUT2D eigenvalue weighted by Gasteiger charge is -2.41. The van der Waals surface area contributed by atoms with E-state index >= 15 is 0 Å². The Hall–Kier alpha value is -1.91. The maximum absolute atomic E-state index is 13.7. The lowest BCUT2D eigenvalue weighted by molar-refractivity contribution is -0.141. The first-order valence-corrected chi connectivity index (χ1v) is 8.35. The molecular weight excluding hydrogens is 312 g/mol. The van der Waals surface area contributed by atoms with Gasteiger partial charge in [0.15, 0.2) is 0 Å². The molecule has 1 aromatic rings. The molecule has 0 unspecified atom stereocenters. The summed E-state index contributed by atoms with van der Waals surface area (Å²) in [7, 11) is 1.58. The van der Waals surface area contributed by atoms with Gasteiger partial charge in [0.05, 0.1) is 12.5 Å². The topological polar surface area (TPSA) is 29.5 Å². The van der Waals surface area contributed by atoms with Gasteiger partial charge < -0.3 is 9.64 Å². The second kappa shape index (κ2) is 6.19. The molecule has 1 aliphatic carbocycles. The Kier molecular flexibility index (Phi) is 4.37. The van der Waals surface area contributed by atoms with E-state index in [1.807, 2.05) is 12.1 Å². The van der Waals surface area contributed by atoms with Gasteiger partial charge in [0.2, 0.25) is 11.8 Å². The SMILES string of the molecule is C=C1CCN(C(=O)C2(c3ccc(OC)cc3)CCC(F)(F)CC2)C1. The zero-order valence-electron chi connectivity index (χ0n) is 14.0. The van der Waals surface area contributed by atoms with E-state index < -0.39 is 11.3 Å². The van der Waals surface area contributed by atoms with Crippen LogP contribution in [-0.2, 0) is 10.2 Å². The van der Waals surface area contributed by atoms with Gasteiger partial charge in [-0.3, -0.25) is 4.79 Å². The molecule has 3 nitrogen and oxygen atoms in total. The first-order chi connectivity index (χ1) is 11.4. The third-order valence-electron chi connectivity index (χ3n) is 5.32. The summed E-state index contributed by atoms with van der Waals surface area (Å²) in [5, 5.41) is 0. The standard InChI is InChI=1S/C19H23F2NO2/c1-14-7-12-22(13-14)17(23)18(8-10-19(20,21)11-9-18)15-3-5-16(24-2)6-4-15/h3-6H,1,7-13H2,2H3. The number of ether oxygens (including phenoxy) is 1. The van der Waals surface area contributed by atoms with Gasteiger partial charge in [-0.1, -0.05) is 24.3 Å². The number of carbonyl (C=O) groups is 1. The normalized spacial score (nSPS) is 22.5. The lowest BCUT2D eigenvalue weighted by atomic mass is 9.67. The van der Waals surface area contributed by atoms with Crippen LogP contribution >= 0.6 is 0 Å². The molecule has 0 spiro atoms. The van der Waals surface area contributed by atoms with Gasteiger partial charge in [-0.2, -0.15) is 0 Å². The maximum atomic E-state index is 13.7. The van der Waals surface area contributed by atoms with Crippen LogP contribution in [0.4, 0.5) is 8.78 Å². The third kappa shape index (κ3) is 3.04. The van der Waals surface area contributed by atoms with Gasteiger partial charge in [-0.25, -0.2) is 8.78 Å². The molecule has 24 heavy (non-hydrogen) atoms. The van der Waals surface area contributed by atoms with Crippen LogP contribution < -0.4 is 4.74 Å². The molecule has 3 rings (SSSR count). The monoisotopic (exact) mass is 335 g/mol. The summed E-state index contributed by atoms with van der Waals surface area (Å²) in [5.41, 5.74) is 0.967. The highest BCUT2D eigenvalue weighted by atomic mass is 19.3. The smallest absolute Gasteiger partial charge is 0.248 e. The number of likely N-dealkylation sites (tertiary alicyclic amines) is 1. The van der Waals surface area contributed by atoms with Crippen molar-refractivity contribution in [3.05, 3.63) is 42.0 Å². The van der Waals surface area contributed by atoms with Crippen molar-refractivity contribution in [2.45, 2.75) is 43.4 Å². The van der Waals surface area contributed by atoms with Gasteiger partial charge in [-0.15, -0.1) is 0 Å². The lowest BCUT2D eigenvalue weighted by Crippen LogP contribution is -2.49. The van der Waals surface area contributed by atoms with Crippen LogP contribution in [0.1, 0.15) is 37.7 Å². The number of rotatable bonds is 3. The number of benzene rings is 1. The van der Waals surface area contributed by atoms with Crippen molar-refractivity contribution in [1.82, 2.24) is 4.90 Å². The highest BCUT2D eigenvalue weighted by molar-refractivity contribution is 5.89. The fourth-order valence-electron chi connectivity index (χ4n) is 3.78. The Morgan fingerprint density at radius 3 is 2.29 bits per heavy atom. The molecule has 2 fully saturated rings. The second-order valence-corrected chi connectivity index (χ2v) is 6.89. The van der Waals surface area contributed by atoms with Crippen LogP contribution in [0.25, 0.3) is 0 Å². The van der Waals surface area contributed by atoms with Crippen molar-refractivity contribution in [2.24, 2.45) is 0 Å². The number of carbonyl (C=O) groups excluding carboxylic acids is 1. The molecule has 1 heterocycles. The average Bonchev–Trinajstić information content (AvgIpc) is 3.01. The number of halogens is 2. The Bertz CT molecular complexity index is 629. The molecule has 1 aromatic carbocycles. The Morgan fingerprint density at radius 1 is 1.17 bits per heavy atom. The van der Waals surface area contributed by atoms with E-state index in [-0.39, 0.29) is 31.6 Å². The molecule has 1 saturated heterocycles. The molecular formula is C19H23F2NO2. The van der Waals surface area contributed by atoms with Crippen LogP contribution in [-0.4, -0.2) is 36.9 Å². The van der Waals surface area contributed by atoms with Crippen molar-refractivity contribution >= 4 is 5.91 Å². The average molecular weight is 335 g/mol. The molecule has 130 valence electrons. The van der Waals surface area contributed by atoms with E-state index in [0.717, 1.165) is 17.6 Å². The van der Waals surface area contributed by atoms with E-state index in [1.54, 1.807) is 24.1 Å². The Morgan fingerprint density at radius 2 is 1.79 bits per heavy atom. The number of amides is 1. The van der Waals surface area contributed by atoms with Crippen LogP contribution in [0, 0.1) is 0 Å². The first kappa shape index (κ1) is 16.9. The minimum Gasteiger partial charge on any atom is -0.497 e. The summed E-state index contributed by atoms with van der Waals surface area (Å²) in [4.78, 5) is 15.0. The van der Waals surface area contributed by atoms with Crippen LogP contribution in [0.3, 0.4) is 0 Å². The minimum atomic E-state index is -2.68. The second-order valence-electron chi connectivity index (χ2n) is 6.89. The summed E-state index contributed by atoms with van der Waals surface area (Å²) in [6, 6.07) is 7.26. The van der Waals surface area contributed by atoms with Crippen molar-refractivity contribution in [1.29, 1.82) is 0 Å². The number of nitrogens with zero attached hydrogens (tertiary/aromatic N) is 1. The third-order valence-corrected chi connectivity index (χ3v) is 5.32. The molecule has 2 aliphatic rings. The van der Waals surface area contributed by atoms with Gasteiger partial charge in [0, 0.05) is 25.9 Å². The molecule has 1 aliphatic heterocycles. The maximum Gasteiger partial charge on any atom is 0.248 e. The fraction of sp³-hybridized carbons (Fsp3) is 0.526. The van der Waals surface area contributed by atoms with E-state index in [0.29, 0.717) is 18.8 Å². The van der Waals surface area contributed by atoms with Crippen LogP contribution in [0.5, 0.6) is 5.75 Å². The zero-order valence-corrected chi connectivity index (χ0v) is 14.0. The minimum absolute atomic E-state index is 0.0400. The predicted molar refractivity (Wildman–Crippen MR) is 88.4 cm³/mol. The molecule has 0 atom stereocenters. The van der Waals surface area contributed by atoms with Gasteiger partial charge >= 0.3 is 0 Å². The van der Waals surface area contributed by atoms with E-state index in [4.69, 9.17) is 4.74 Å².